The highest BCUT2D eigenvalue weighted by Crippen LogP contribution is 2.34. The summed E-state index contributed by atoms with van der Waals surface area (Å²) in [5.74, 6) is 0.186. The molecule has 0 saturated carbocycles. The number of carbonyl (C=O) groups is 1. The van der Waals surface area contributed by atoms with Crippen LogP contribution in [0.2, 0.25) is 5.02 Å². The molecule has 168 valence electrons. The minimum Gasteiger partial charge on any atom is -0.487 e. The lowest BCUT2D eigenvalue weighted by Gasteiger charge is -2.12. The maximum Gasteiger partial charge on any atom is 0.264 e. The molecule has 0 unspecified atom stereocenters. The van der Waals surface area contributed by atoms with E-state index in [9.17, 15) is 9.18 Å². The summed E-state index contributed by atoms with van der Waals surface area (Å²) in [4.78, 5) is 17.6. The van der Waals surface area contributed by atoms with Gasteiger partial charge in [0.2, 0.25) is 0 Å². The van der Waals surface area contributed by atoms with Gasteiger partial charge in [0.25, 0.3) is 5.91 Å². The summed E-state index contributed by atoms with van der Waals surface area (Å²) in [6.45, 7) is 2.03. The predicted molar refractivity (Wildman–Crippen MR) is 150 cm³/mol. The highest BCUT2D eigenvalue weighted by molar-refractivity contribution is 14.1. The van der Waals surface area contributed by atoms with E-state index in [0.29, 0.717) is 32.1 Å². The summed E-state index contributed by atoms with van der Waals surface area (Å²) >= 11 is 11.8. The van der Waals surface area contributed by atoms with Gasteiger partial charge in [-0.05, 0) is 111 Å². The van der Waals surface area contributed by atoms with Crippen LogP contribution in [0.3, 0.4) is 0 Å². The lowest BCUT2D eigenvalue weighted by atomic mass is 10.2. The van der Waals surface area contributed by atoms with Gasteiger partial charge in [-0.25, -0.2) is 9.38 Å². The minimum atomic E-state index is -0.293. The number of nitrogens with one attached hydrogen (secondary N) is 1. The smallest absolute Gasteiger partial charge is 0.264 e. The van der Waals surface area contributed by atoms with Crippen LogP contribution in [-0.2, 0) is 11.4 Å². The molecule has 0 aliphatic carbocycles. The second-order valence-corrected chi connectivity index (χ2v) is 10.8. The van der Waals surface area contributed by atoms with E-state index in [1.165, 1.54) is 17.8 Å². The lowest BCUT2D eigenvalue weighted by Crippen LogP contribution is -2.19. The van der Waals surface area contributed by atoms with E-state index in [2.05, 4.69) is 55.5 Å². The largest absolute Gasteiger partial charge is 0.487 e. The summed E-state index contributed by atoms with van der Waals surface area (Å²) in [5.41, 5.74) is 2.93. The number of amidine groups is 1. The number of ether oxygens (including phenoxy) is 1. The predicted octanol–water partition coefficient (Wildman–Crippen LogP) is 7.47. The summed E-state index contributed by atoms with van der Waals surface area (Å²) in [7, 11) is 0. The molecule has 33 heavy (non-hydrogen) atoms. The molecule has 1 fully saturated rings. The first-order valence-corrected chi connectivity index (χ1v) is 13.1. The molecule has 1 heterocycles. The molecule has 0 aromatic heterocycles. The third kappa shape index (κ3) is 5.90. The number of nitrogens with zero attached hydrogens (tertiary/aromatic N) is 1. The molecule has 0 bridgehead atoms. The zero-order chi connectivity index (χ0) is 23.5. The summed E-state index contributed by atoms with van der Waals surface area (Å²) in [6, 6.07) is 15.9. The Hall–Kier alpha value is -1.63. The second-order valence-electron chi connectivity index (χ2n) is 7.06. The van der Waals surface area contributed by atoms with Crippen molar-refractivity contribution in [2.45, 2.75) is 13.5 Å². The van der Waals surface area contributed by atoms with Gasteiger partial charge in [-0.3, -0.25) is 4.79 Å². The molecule has 1 aliphatic heterocycles. The number of hydrogen-bond donors (Lipinski definition) is 1. The summed E-state index contributed by atoms with van der Waals surface area (Å²) in [5, 5.41) is 3.94. The number of aliphatic imine (C=N–C) groups is 1. The molecule has 1 saturated heterocycles. The second kappa shape index (κ2) is 10.7. The van der Waals surface area contributed by atoms with Gasteiger partial charge in [0.1, 0.15) is 18.2 Å². The van der Waals surface area contributed by atoms with Gasteiger partial charge >= 0.3 is 0 Å². The zero-order valence-corrected chi connectivity index (χ0v) is 23.1. The number of thioether (sulfide) groups is 1. The molecule has 4 rings (SSSR count). The summed E-state index contributed by atoms with van der Waals surface area (Å²) in [6.07, 6.45) is 1.82. The first-order valence-electron chi connectivity index (χ1n) is 9.72. The van der Waals surface area contributed by atoms with E-state index in [1.54, 1.807) is 24.3 Å². The molecule has 1 N–H and O–H groups in total. The zero-order valence-electron chi connectivity index (χ0n) is 17.2. The Bertz CT molecular complexity index is 1290. The fourth-order valence-electron chi connectivity index (χ4n) is 3.02. The third-order valence-corrected chi connectivity index (χ3v) is 7.68. The first kappa shape index (κ1) is 24.5. The third-order valence-electron chi connectivity index (χ3n) is 4.76. The van der Waals surface area contributed by atoms with E-state index < -0.39 is 0 Å². The van der Waals surface area contributed by atoms with Gasteiger partial charge < -0.3 is 10.1 Å². The van der Waals surface area contributed by atoms with Crippen molar-refractivity contribution in [2.75, 3.05) is 0 Å². The van der Waals surface area contributed by atoms with E-state index >= 15 is 0 Å². The van der Waals surface area contributed by atoms with Gasteiger partial charge in [0.15, 0.2) is 5.17 Å². The van der Waals surface area contributed by atoms with Crippen LogP contribution in [0.1, 0.15) is 16.7 Å². The molecule has 0 spiro atoms. The van der Waals surface area contributed by atoms with E-state index in [1.807, 2.05) is 37.3 Å². The fraction of sp³-hybridized carbons (Fsp3) is 0.0833. The molecule has 4 nitrogen and oxygen atoms in total. The number of halogens is 4. The quantitative estimate of drug-likeness (QED) is 0.222. The van der Waals surface area contributed by atoms with Crippen LogP contribution in [0.5, 0.6) is 5.75 Å². The SMILES string of the molecule is Cc1c(Cl)cccc1N=C1NC(=O)/C(=C\c2cc(I)c(OCc3ccccc3F)c(I)c2)S1. The average Bonchev–Trinajstić information content (AvgIpc) is 3.10. The Morgan fingerprint density at radius 1 is 1.15 bits per heavy atom. The Balaban J connectivity index is 1.53. The van der Waals surface area contributed by atoms with Gasteiger partial charge in [-0.2, -0.15) is 0 Å². The number of amides is 1. The normalized spacial score (nSPS) is 15.8. The Morgan fingerprint density at radius 3 is 2.61 bits per heavy atom. The topological polar surface area (TPSA) is 50.7 Å². The van der Waals surface area contributed by atoms with E-state index in [-0.39, 0.29) is 18.3 Å². The standard InChI is InChI=1S/C24H16ClFI2N2O2S/c1-13-16(25)6-4-8-20(13)29-24-30-23(31)21(33-24)11-14-9-18(27)22(19(28)10-14)32-12-15-5-2-3-7-17(15)26/h2-11H,12H2,1H3,(H,29,30,31)/b21-11+. The maximum atomic E-state index is 13.9. The summed E-state index contributed by atoms with van der Waals surface area (Å²) < 4.78 is 21.5. The molecule has 3 aromatic carbocycles. The monoisotopic (exact) mass is 704 g/mol. The van der Waals surface area contributed by atoms with Crippen LogP contribution in [0.4, 0.5) is 10.1 Å². The van der Waals surface area contributed by atoms with Gasteiger partial charge in [0.05, 0.1) is 17.7 Å². The highest BCUT2D eigenvalue weighted by Gasteiger charge is 2.24. The average molecular weight is 705 g/mol. The van der Waals surface area contributed by atoms with Crippen molar-refractivity contribution in [1.29, 1.82) is 0 Å². The number of benzene rings is 3. The number of carbonyl (C=O) groups excluding carboxylic acids is 1. The van der Waals surface area contributed by atoms with Gasteiger partial charge in [-0.15, -0.1) is 0 Å². The Labute approximate surface area is 227 Å². The Morgan fingerprint density at radius 2 is 1.88 bits per heavy atom. The highest BCUT2D eigenvalue weighted by atomic mass is 127. The molecular weight excluding hydrogens is 689 g/mol. The van der Waals surface area contributed by atoms with Crippen molar-refractivity contribution in [1.82, 2.24) is 5.32 Å². The van der Waals surface area contributed by atoms with Gasteiger partial charge in [-0.1, -0.05) is 35.9 Å². The minimum absolute atomic E-state index is 0.139. The fourth-order valence-corrected chi connectivity index (χ4v) is 6.16. The van der Waals surface area contributed by atoms with E-state index in [4.69, 9.17) is 16.3 Å². The molecule has 9 heteroatoms. The van der Waals surface area contributed by atoms with Crippen molar-refractivity contribution < 1.29 is 13.9 Å². The van der Waals surface area contributed by atoms with E-state index in [0.717, 1.165) is 18.3 Å². The van der Waals surface area contributed by atoms with Crippen molar-refractivity contribution >= 4 is 91.4 Å². The molecule has 1 aliphatic rings. The molecule has 0 atom stereocenters. The van der Waals surface area contributed by atoms with Crippen molar-refractivity contribution in [3.05, 3.63) is 94.2 Å². The van der Waals surface area contributed by atoms with Crippen molar-refractivity contribution in [3.8, 4) is 5.75 Å². The van der Waals surface area contributed by atoms with Crippen molar-refractivity contribution in [2.24, 2.45) is 4.99 Å². The van der Waals surface area contributed by atoms with Crippen LogP contribution in [0, 0.1) is 19.9 Å². The number of hydrogen-bond acceptors (Lipinski definition) is 4. The van der Waals surface area contributed by atoms with Crippen LogP contribution < -0.4 is 10.1 Å². The lowest BCUT2D eigenvalue weighted by molar-refractivity contribution is -0.115. The number of rotatable bonds is 5. The van der Waals surface area contributed by atoms with Crippen molar-refractivity contribution in [3.63, 3.8) is 0 Å². The van der Waals surface area contributed by atoms with Crippen LogP contribution in [-0.4, -0.2) is 11.1 Å². The molecule has 3 aromatic rings. The van der Waals surface area contributed by atoms with Crippen LogP contribution in [0.25, 0.3) is 6.08 Å². The Kier molecular flexibility index (Phi) is 7.98. The molecule has 0 radical (unpaired) electrons. The van der Waals surface area contributed by atoms with Crippen LogP contribution >= 0.6 is 68.5 Å². The molecular formula is C24H16ClFI2N2O2S. The molecule has 1 amide bonds. The van der Waals surface area contributed by atoms with Gasteiger partial charge in [0, 0.05) is 10.6 Å². The maximum absolute atomic E-state index is 13.9. The first-order chi connectivity index (χ1) is 15.8. The van der Waals surface area contributed by atoms with Crippen LogP contribution in [0.15, 0.2) is 64.5 Å².